The van der Waals surface area contributed by atoms with Gasteiger partial charge in [-0.2, -0.15) is 0 Å². The number of rotatable bonds is 3. The van der Waals surface area contributed by atoms with Crippen molar-refractivity contribution in [2.45, 2.75) is 6.42 Å². The molecule has 1 aromatic rings. The van der Waals surface area contributed by atoms with Gasteiger partial charge in [0, 0.05) is 43.3 Å². The smallest absolute Gasteiger partial charge is 0.227 e. The Kier molecular flexibility index (Phi) is 4.13. The molecule has 3 rings (SSSR count). The van der Waals surface area contributed by atoms with E-state index in [1.165, 1.54) is 5.69 Å². The zero-order valence-corrected chi connectivity index (χ0v) is 12.2. The predicted octanol–water partition coefficient (Wildman–Crippen LogP) is 2.11. The summed E-state index contributed by atoms with van der Waals surface area (Å²) in [5, 5.41) is 0. The summed E-state index contributed by atoms with van der Waals surface area (Å²) >= 11 is 5.86. The van der Waals surface area contributed by atoms with Crippen molar-refractivity contribution in [3.63, 3.8) is 0 Å². The molecule has 4 nitrogen and oxygen atoms in total. The molecule has 108 valence electrons. The van der Waals surface area contributed by atoms with Crippen molar-refractivity contribution in [3.8, 4) is 0 Å². The van der Waals surface area contributed by atoms with Crippen LogP contribution in [-0.4, -0.2) is 44.6 Å². The van der Waals surface area contributed by atoms with E-state index in [2.05, 4.69) is 17.0 Å². The Morgan fingerprint density at radius 2 is 1.80 bits per heavy atom. The summed E-state index contributed by atoms with van der Waals surface area (Å²) in [4.78, 5) is 16.1. The van der Waals surface area contributed by atoms with E-state index >= 15 is 0 Å². The third-order valence-corrected chi connectivity index (χ3v) is 4.40. The lowest BCUT2D eigenvalue weighted by Crippen LogP contribution is -2.36. The number of anilines is 2. The first-order chi connectivity index (χ1) is 9.78. The summed E-state index contributed by atoms with van der Waals surface area (Å²) in [7, 11) is 0. The van der Waals surface area contributed by atoms with Crippen LogP contribution in [0, 0.1) is 5.92 Å². The van der Waals surface area contributed by atoms with Crippen LogP contribution in [0.1, 0.15) is 6.42 Å². The molecular weight excluding hydrogens is 276 g/mol. The van der Waals surface area contributed by atoms with Gasteiger partial charge in [-0.1, -0.05) is 0 Å². The highest BCUT2D eigenvalue weighted by molar-refractivity contribution is 6.18. The summed E-state index contributed by atoms with van der Waals surface area (Å²) in [5.74, 6) is 1.01. The second-order valence-electron chi connectivity index (χ2n) is 5.34. The van der Waals surface area contributed by atoms with E-state index in [0.717, 1.165) is 38.5 Å². The van der Waals surface area contributed by atoms with Crippen LogP contribution in [0.5, 0.6) is 0 Å². The van der Waals surface area contributed by atoms with Crippen LogP contribution in [0.3, 0.4) is 0 Å². The molecule has 1 atom stereocenters. The summed E-state index contributed by atoms with van der Waals surface area (Å²) in [5.41, 5.74) is 2.16. The van der Waals surface area contributed by atoms with Crippen molar-refractivity contribution in [3.05, 3.63) is 24.3 Å². The van der Waals surface area contributed by atoms with E-state index in [0.29, 0.717) is 12.3 Å². The molecule has 0 bridgehead atoms. The van der Waals surface area contributed by atoms with Crippen LogP contribution in [0.15, 0.2) is 24.3 Å². The highest BCUT2D eigenvalue weighted by Gasteiger charge is 2.29. The molecule has 0 aliphatic carbocycles. The Morgan fingerprint density at radius 1 is 1.15 bits per heavy atom. The van der Waals surface area contributed by atoms with Gasteiger partial charge in [0.15, 0.2) is 0 Å². The van der Waals surface area contributed by atoms with Crippen molar-refractivity contribution < 1.29 is 9.53 Å². The van der Waals surface area contributed by atoms with E-state index < -0.39 is 0 Å². The van der Waals surface area contributed by atoms with Crippen LogP contribution < -0.4 is 9.80 Å². The van der Waals surface area contributed by atoms with Crippen LogP contribution in [-0.2, 0) is 9.53 Å². The van der Waals surface area contributed by atoms with Crippen LogP contribution in [0.25, 0.3) is 0 Å². The van der Waals surface area contributed by atoms with E-state index in [1.807, 2.05) is 17.0 Å². The van der Waals surface area contributed by atoms with Gasteiger partial charge < -0.3 is 14.5 Å². The largest absolute Gasteiger partial charge is 0.378 e. The zero-order chi connectivity index (χ0) is 13.9. The third-order valence-electron chi connectivity index (χ3n) is 3.96. The number of nitrogens with zero attached hydrogens (tertiary/aromatic N) is 2. The Morgan fingerprint density at radius 3 is 2.40 bits per heavy atom. The van der Waals surface area contributed by atoms with Crippen LogP contribution >= 0.6 is 11.6 Å². The van der Waals surface area contributed by atoms with Gasteiger partial charge in [0.1, 0.15) is 0 Å². The number of carbonyl (C=O) groups is 1. The Labute approximate surface area is 124 Å². The molecule has 1 unspecified atom stereocenters. The maximum Gasteiger partial charge on any atom is 0.227 e. The molecule has 20 heavy (non-hydrogen) atoms. The predicted molar refractivity (Wildman–Crippen MR) is 80.7 cm³/mol. The second kappa shape index (κ2) is 6.02. The summed E-state index contributed by atoms with van der Waals surface area (Å²) in [6, 6.07) is 8.22. The first-order valence-corrected chi connectivity index (χ1v) is 7.60. The molecule has 0 aromatic heterocycles. The highest BCUT2D eigenvalue weighted by Crippen LogP contribution is 2.27. The number of morpholine rings is 1. The first kappa shape index (κ1) is 13.7. The van der Waals surface area contributed by atoms with Crippen LogP contribution in [0.2, 0.25) is 0 Å². The van der Waals surface area contributed by atoms with E-state index in [1.54, 1.807) is 0 Å². The zero-order valence-electron chi connectivity index (χ0n) is 11.4. The fraction of sp³-hybridized carbons (Fsp3) is 0.533. The fourth-order valence-electron chi connectivity index (χ4n) is 2.80. The van der Waals surface area contributed by atoms with Gasteiger partial charge in [-0.05, 0) is 30.2 Å². The van der Waals surface area contributed by atoms with E-state index in [-0.39, 0.29) is 11.8 Å². The lowest BCUT2D eigenvalue weighted by Gasteiger charge is -2.29. The molecule has 2 fully saturated rings. The minimum absolute atomic E-state index is 0.176. The third kappa shape index (κ3) is 2.76. The van der Waals surface area contributed by atoms with Gasteiger partial charge in [0.25, 0.3) is 0 Å². The van der Waals surface area contributed by atoms with E-state index in [9.17, 15) is 4.79 Å². The Bertz CT molecular complexity index is 471. The highest BCUT2D eigenvalue weighted by atomic mass is 35.5. The molecule has 0 saturated carbocycles. The molecule has 2 aliphatic heterocycles. The number of carbonyl (C=O) groups excluding carboxylic acids is 1. The van der Waals surface area contributed by atoms with Crippen molar-refractivity contribution in [2.75, 3.05) is 48.5 Å². The molecule has 0 N–H and O–H groups in total. The van der Waals surface area contributed by atoms with Gasteiger partial charge in [0.2, 0.25) is 5.91 Å². The van der Waals surface area contributed by atoms with Gasteiger partial charge in [-0.15, -0.1) is 11.6 Å². The molecule has 2 heterocycles. The topological polar surface area (TPSA) is 32.8 Å². The van der Waals surface area contributed by atoms with Gasteiger partial charge in [-0.25, -0.2) is 0 Å². The minimum Gasteiger partial charge on any atom is -0.378 e. The number of hydrogen-bond donors (Lipinski definition) is 0. The maximum absolute atomic E-state index is 12.0. The van der Waals surface area contributed by atoms with Crippen LogP contribution in [0.4, 0.5) is 11.4 Å². The van der Waals surface area contributed by atoms with Crippen molar-refractivity contribution in [1.29, 1.82) is 0 Å². The molecule has 2 aliphatic rings. The number of amides is 1. The first-order valence-electron chi connectivity index (χ1n) is 7.07. The summed E-state index contributed by atoms with van der Waals surface area (Å²) in [6.45, 7) is 4.15. The second-order valence-corrected chi connectivity index (χ2v) is 5.65. The molecular formula is C15H19ClN2O2. The molecule has 0 radical (unpaired) electrons. The molecule has 1 amide bonds. The quantitative estimate of drug-likeness (QED) is 0.801. The lowest BCUT2D eigenvalue weighted by molar-refractivity contribution is -0.117. The molecule has 5 heteroatoms. The van der Waals surface area contributed by atoms with E-state index in [4.69, 9.17) is 16.3 Å². The SMILES string of the molecule is O=C1CC(CCl)CN1c1ccc(N2CCOCC2)cc1. The standard InChI is InChI=1S/C15H19ClN2O2/c16-10-12-9-15(19)18(11-12)14-3-1-13(2-4-14)17-5-7-20-8-6-17/h1-4,12H,5-11H2. The van der Waals surface area contributed by atoms with Gasteiger partial charge >= 0.3 is 0 Å². The average Bonchev–Trinajstić information content (AvgIpc) is 2.89. The maximum atomic E-state index is 12.0. The lowest BCUT2D eigenvalue weighted by atomic mass is 10.1. The molecule has 2 saturated heterocycles. The number of alkyl halides is 1. The minimum atomic E-state index is 0.176. The number of ether oxygens (including phenoxy) is 1. The monoisotopic (exact) mass is 294 g/mol. The van der Waals surface area contributed by atoms with Crippen molar-refractivity contribution in [2.24, 2.45) is 5.92 Å². The Balaban J connectivity index is 1.71. The Hall–Kier alpha value is -1.26. The van der Waals surface area contributed by atoms with Gasteiger partial charge in [-0.3, -0.25) is 4.79 Å². The summed E-state index contributed by atoms with van der Waals surface area (Å²) < 4.78 is 5.36. The fourth-order valence-corrected chi connectivity index (χ4v) is 3.01. The summed E-state index contributed by atoms with van der Waals surface area (Å²) in [6.07, 6.45) is 0.564. The number of halogens is 1. The molecule has 0 spiro atoms. The molecule has 1 aromatic carbocycles. The van der Waals surface area contributed by atoms with Gasteiger partial charge in [0.05, 0.1) is 13.2 Å². The number of benzene rings is 1. The average molecular weight is 295 g/mol. The number of hydrogen-bond acceptors (Lipinski definition) is 3. The normalized spacial score (nSPS) is 23.4. The van der Waals surface area contributed by atoms with Crippen molar-refractivity contribution >= 4 is 28.9 Å². The van der Waals surface area contributed by atoms with Crippen molar-refractivity contribution in [1.82, 2.24) is 0 Å².